The Labute approximate surface area is 100 Å². The molecule has 0 bridgehead atoms. The van der Waals surface area contributed by atoms with Gasteiger partial charge >= 0.3 is 0 Å². The standard InChI is InChI=1S/C12H13N3S/c1-3-7-16-8-6-14-12-11(9-13)5-4-10(2)15-12/h1,4-5H,6-8H2,2H3,(H,14,15). The highest BCUT2D eigenvalue weighted by molar-refractivity contribution is 7.99. The highest BCUT2D eigenvalue weighted by atomic mass is 32.2. The molecule has 4 heteroatoms. The summed E-state index contributed by atoms with van der Waals surface area (Å²) in [5, 5.41) is 12.0. The lowest BCUT2D eigenvalue weighted by molar-refractivity contribution is 1.12. The van der Waals surface area contributed by atoms with Crippen molar-refractivity contribution in [3.05, 3.63) is 23.4 Å². The number of nitrogens with zero attached hydrogens (tertiary/aromatic N) is 2. The van der Waals surface area contributed by atoms with Crippen molar-refractivity contribution >= 4 is 17.6 Å². The van der Waals surface area contributed by atoms with E-state index in [2.05, 4.69) is 22.3 Å². The first-order chi connectivity index (χ1) is 7.77. The van der Waals surface area contributed by atoms with Crippen LogP contribution in [-0.4, -0.2) is 23.0 Å². The molecule has 1 rings (SSSR count). The van der Waals surface area contributed by atoms with Crippen LogP contribution in [-0.2, 0) is 0 Å². The summed E-state index contributed by atoms with van der Waals surface area (Å²) >= 11 is 1.68. The van der Waals surface area contributed by atoms with Gasteiger partial charge in [0.25, 0.3) is 0 Å². The van der Waals surface area contributed by atoms with Crippen LogP contribution in [0.2, 0.25) is 0 Å². The topological polar surface area (TPSA) is 48.7 Å². The van der Waals surface area contributed by atoms with Crippen LogP contribution < -0.4 is 5.32 Å². The minimum atomic E-state index is 0.576. The summed E-state index contributed by atoms with van der Waals surface area (Å²) in [6, 6.07) is 5.72. The van der Waals surface area contributed by atoms with E-state index in [1.54, 1.807) is 17.8 Å². The van der Waals surface area contributed by atoms with E-state index in [1.807, 2.05) is 13.0 Å². The van der Waals surface area contributed by atoms with E-state index in [1.165, 1.54) is 0 Å². The lowest BCUT2D eigenvalue weighted by Gasteiger charge is -2.07. The van der Waals surface area contributed by atoms with Crippen molar-refractivity contribution in [2.75, 3.05) is 23.4 Å². The molecule has 0 saturated heterocycles. The Morgan fingerprint density at radius 2 is 2.38 bits per heavy atom. The predicted molar refractivity (Wildman–Crippen MR) is 68.3 cm³/mol. The number of hydrogen-bond donors (Lipinski definition) is 1. The Hall–Kier alpha value is -1.65. The quantitative estimate of drug-likeness (QED) is 0.622. The van der Waals surface area contributed by atoms with E-state index in [0.29, 0.717) is 17.1 Å². The van der Waals surface area contributed by atoms with Crippen molar-refractivity contribution in [1.29, 1.82) is 5.26 Å². The molecule has 0 aliphatic heterocycles. The van der Waals surface area contributed by atoms with Crippen LogP contribution in [0.5, 0.6) is 0 Å². The molecule has 1 N–H and O–H groups in total. The molecule has 0 unspecified atom stereocenters. The molecule has 82 valence electrons. The van der Waals surface area contributed by atoms with E-state index < -0.39 is 0 Å². The molecule has 0 aliphatic rings. The molecule has 1 aromatic heterocycles. The number of pyridine rings is 1. The first-order valence-electron chi connectivity index (χ1n) is 4.90. The molecule has 16 heavy (non-hydrogen) atoms. The van der Waals surface area contributed by atoms with Crippen LogP contribution >= 0.6 is 11.8 Å². The fourth-order valence-corrected chi connectivity index (χ4v) is 1.66. The second-order valence-corrected chi connectivity index (χ2v) is 4.25. The van der Waals surface area contributed by atoms with Crippen LogP contribution in [0.25, 0.3) is 0 Å². The molecule has 1 heterocycles. The normalized spacial score (nSPS) is 9.19. The summed E-state index contributed by atoms with van der Waals surface area (Å²) in [7, 11) is 0. The highest BCUT2D eigenvalue weighted by Crippen LogP contribution is 2.12. The van der Waals surface area contributed by atoms with Crippen molar-refractivity contribution in [3.8, 4) is 18.4 Å². The predicted octanol–water partition coefficient (Wildman–Crippen LogP) is 2.04. The number of rotatable bonds is 5. The van der Waals surface area contributed by atoms with Crippen LogP contribution in [0.15, 0.2) is 12.1 Å². The molecule has 0 aromatic carbocycles. The van der Waals surface area contributed by atoms with E-state index in [9.17, 15) is 0 Å². The first kappa shape index (κ1) is 12.4. The van der Waals surface area contributed by atoms with Gasteiger partial charge in [-0.2, -0.15) is 5.26 Å². The number of aromatic nitrogens is 1. The molecule has 0 aliphatic carbocycles. The highest BCUT2D eigenvalue weighted by Gasteiger charge is 2.02. The second-order valence-electron chi connectivity index (χ2n) is 3.14. The minimum absolute atomic E-state index is 0.576. The average Bonchev–Trinajstić information content (AvgIpc) is 2.29. The monoisotopic (exact) mass is 231 g/mol. The van der Waals surface area contributed by atoms with E-state index >= 15 is 0 Å². The van der Waals surface area contributed by atoms with Gasteiger partial charge in [-0.1, -0.05) is 5.92 Å². The Morgan fingerprint density at radius 1 is 1.56 bits per heavy atom. The van der Waals surface area contributed by atoms with Crippen molar-refractivity contribution in [2.24, 2.45) is 0 Å². The molecule has 0 saturated carbocycles. The van der Waals surface area contributed by atoms with Gasteiger partial charge in [0.05, 0.1) is 11.3 Å². The average molecular weight is 231 g/mol. The molecule has 0 amide bonds. The summed E-state index contributed by atoms with van der Waals surface area (Å²) in [6.07, 6.45) is 5.14. The zero-order chi connectivity index (χ0) is 11.8. The number of nitrogens with one attached hydrogen (secondary N) is 1. The summed E-state index contributed by atoms with van der Waals surface area (Å²) < 4.78 is 0. The molecular weight excluding hydrogens is 218 g/mol. The number of thioether (sulfide) groups is 1. The van der Waals surface area contributed by atoms with Crippen molar-refractivity contribution in [2.45, 2.75) is 6.92 Å². The summed E-state index contributed by atoms with van der Waals surface area (Å²) in [5.41, 5.74) is 1.48. The van der Waals surface area contributed by atoms with Crippen LogP contribution in [0.3, 0.4) is 0 Å². The molecule has 0 atom stereocenters. The maximum Gasteiger partial charge on any atom is 0.144 e. The van der Waals surface area contributed by atoms with E-state index in [4.69, 9.17) is 11.7 Å². The third-order valence-electron chi connectivity index (χ3n) is 1.88. The SMILES string of the molecule is C#CCSCCNc1nc(C)ccc1C#N. The first-order valence-corrected chi connectivity index (χ1v) is 6.06. The van der Waals surface area contributed by atoms with Gasteiger partial charge in [-0.05, 0) is 19.1 Å². The van der Waals surface area contributed by atoms with Crippen molar-refractivity contribution in [1.82, 2.24) is 4.98 Å². The largest absolute Gasteiger partial charge is 0.368 e. The second kappa shape index (κ2) is 6.76. The fourth-order valence-electron chi connectivity index (χ4n) is 1.15. The maximum absolute atomic E-state index is 8.89. The van der Waals surface area contributed by atoms with E-state index in [-0.39, 0.29) is 0 Å². The van der Waals surface area contributed by atoms with Crippen LogP contribution in [0.1, 0.15) is 11.3 Å². The molecular formula is C12H13N3S. The van der Waals surface area contributed by atoms with Gasteiger partial charge < -0.3 is 5.32 Å². The molecule has 0 fully saturated rings. The number of aryl methyl sites for hydroxylation is 1. The zero-order valence-corrected chi connectivity index (χ0v) is 9.97. The summed E-state index contributed by atoms with van der Waals surface area (Å²) in [6.45, 7) is 2.66. The van der Waals surface area contributed by atoms with Gasteiger partial charge in [0.15, 0.2) is 0 Å². The molecule has 1 aromatic rings. The number of terminal acetylenes is 1. The summed E-state index contributed by atoms with van der Waals surface area (Å²) in [5.74, 6) is 4.85. The maximum atomic E-state index is 8.89. The van der Waals surface area contributed by atoms with Gasteiger partial charge in [-0.15, -0.1) is 18.2 Å². The summed E-state index contributed by atoms with van der Waals surface area (Å²) in [4.78, 5) is 4.28. The van der Waals surface area contributed by atoms with Gasteiger partial charge in [0, 0.05) is 18.0 Å². The minimum Gasteiger partial charge on any atom is -0.368 e. The lowest BCUT2D eigenvalue weighted by Crippen LogP contribution is -2.08. The number of anilines is 1. The Balaban J connectivity index is 2.50. The van der Waals surface area contributed by atoms with Crippen LogP contribution in [0.4, 0.5) is 5.82 Å². The Morgan fingerprint density at radius 3 is 3.06 bits per heavy atom. The Bertz CT molecular complexity index is 429. The zero-order valence-electron chi connectivity index (χ0n) is 9.16. The number of hydrogen-bond acceptors (Lipinski definition) is 4. The lowest BCUT2D eigenvalue weighted by atomic mass is 10.2. The van der Waals surface area contributed by atoms with Gasteiger partial charge in [-0.25, -0.2) is 4.98 Å². The van der Waals surface area contributed by atoms with Crippen molar-refractivity contribution in [3.63, 3.8) is 0 Å². The number of nitriles is 1. The van der Waals surface area contributed by atoms with Crippen LogP contribution in [0, 0.1) is 30.6 Å². The van der Waals surface area contributed by atoms with Gasteiger partial charge in [0.2, 0.25) is 0 Å². The third kappa shape index (κ3) is 3.84. The molecule has 0 radical (unpaired) electrons. The van der Waals surface area contributed by atoms with Gasteiger partial charge in [0.1, 0.15) is 11.9 Å². The third-order valence-corrected chi connectivity index (χ3v) is 2.74. The molecule has 3 nitrogen and oxygen atoms in total. The fraction of sp³-hybridized carbons (Fsp3) is 0.333. The molecule has 0 spiro atoms. The smallest absolute Gasteiger partial charge is 0.144 e. The van der Waals surface area contributed by atoms with Crippen molar-refractivity contribution < 1.29 is 0 Å². The van der Waals surface area contributed by atoms with Gasteiger partial charge in [-0.3, -0.25) is 0 Å². The Kier molecular flexibility index (Phi) is 5.25. The van der Waals surface area contributed by atoms with E-state index in [0.717, 1.165) is 18.0 Å².